The van der Waals surface area contributed by atoms with Crippen LogP contribution in [-0.2, 0) is 12.0 Å². The molecule has 0 amide bonds. The smallest absolute Gasteiger partial charge is 0.200 e. The van der Waals surface area contributed by atoms with Gasteiger partial charge in [-0.2, -0.15) is 0 Å². The fourth-order valence-corrected chi connectivity index (χ4v) is 4.39. The first-order chi connectivity index (χ1) is 14.5. The number of halogens is 5. The van der Waals surface area contributed by atoms with Gasteiger partial charge in [-0.25, -0.2) is 22.0 Å². The monoisotopic (exact) mass is 452 g/mol. The normalized spacial score (nSPS) is 12.0. The number of ether oxygens (including phenoxy) is 1. The summed E-state index contributed by atoms with van der Waals surface area (Å²) < 4.78 is 75.6. The van der Waals surface area contributed by atoms with E-state index in [2.05, 4.69) is 0 Å². The second-order valence-corrected chi connectivity index (χ2v) is 9.55. The molecule has 1 unspecified atom stereocenters. The topological polar surface area (TPSA) is 9.23 Å². The Morgan fingerprint density at radius 2 is 1.35 bits per heavy atom. The molecule has 0 spiro atoms. The van der Waals surface area contributed by atoms with Crippen molar-refractivity contribution in [1.82, 2.24) is 0 Å². The molecular formula is C24H22F5OP. The van der Waals surface area contributed by atoms with Gasteiger partial charge in [0.15, 0.2) is 23.3 Å². The number of aryl methyl sites for hydroxylation is 1. The summed E-state index contributed by atoms with van der Waals surface area (Å²) in [7, 11) is -0.820. The fourth-order valence-electron chi connectivity index (χ4n) is 3.07. The van der Waals surface area contributed by atoms with Gasteiger partial charge >= 0.3 is 0 Å². The van der Waals surface area contributed by atoms with Gasteiger partial charge in [-0.3, -0.25) is 0 Å². The summed E-state index contributed by atoms with van der Waals surface area (Å²) in [6, 6.07) is 12.9. The number of benzene rings is 3. The van der Waals surface area contributed by atoms with E-state index in [1.807, 2.05) is 57.2 Å². The van der Waals surface area contributed by atoms with Crippen LogP contribution in [0.15, 0.2) is 42.5 Å². The Morgan fingerprint density at radius 3 is 1.90 bits per heavy atom. The van der Waals surface area contributed by atoms with Gasteiger partial charge < -0.3 is 4.74 Å². The molecule has 3 aromatic rings. The summed E-state index contributed by atoms with van der Waals surface area (Å²) in [6.45, 7) is 7.90. The van der Waals surface area contributed by atoms with Crippen molar-refractivity contribution in [2.24, 2.45) is 0 Å². The lowest BCUT2D eigenvalue weighted by molar-refractivity contribution is 0.306. The first-order valence-electron chi connectivity index (χ1n) is 9.61. The summed E-state index contributed by atoms with van der Waals surface area (Å²) in [4.78, 5) is 0. The molecule has 0 aliphatic carbocycles. The maximum Gasteiger partial charge on any atom is 0.200 e. The van der Waals surface area contributed by atoms with Gasteiger partial charge in [-0.1, -0.05) is 57.2 Å². The molecule has 7 heteroatoms. The van der Waals surface area contributed by atoms with Crippen LogP contribution in [-0.4, -0.2) is 0 Å². The molecule has 0 aliphatic heterocycles. The van der Waals surface area contributed by atoms with Crippen LogP contribution in [0.1, 0.15) is 37.5 Å². The van der Waals surface area contributed by atoms with Crippen LogP contribution in [0.4, 0.5) is 22.0 Å². The standard InChI is InChI=1S/C24H22F5OP/c1-13-10-15(24(2,3)4)11-16(22(13)30-12-14-8-6-5-7-9-14)31-23-20(28)18(26)17(25)19(27)21(23)29/h5-11,31H,12H2,1-4H3. The average Bonchev–Trinajstić information content (AvgIpc) is 2.73. The molecule has 1 atom stereocenters. The minimum atomic E-state index is -2.16. The number of hydrogen-bond acceptors (Lipinski definition) is 1. The van der Waals surface area contributed by atoms with E-state index in [0.29, 0.717) is 11.1 Å². The van der Waals surface area contributed by atoms with Crippen LogP contribution in [0.25, 0.3) is 0 Å². The molecule has 0 N–H and O–H groups in total. The summed E-state index contributed by atoms with van der Waals surface area (Å²) in [6.07, 6.45) is 0. The highest BCUT2D eigenvalue weighted by atomic mass is 31.1. The highest BCUT2D eigenvalue weighted by Crippen LogP contribution is 2.32. The Morgan fingerprint density at radius 1 is 0.806 bits per heavy atom. The van der Waals surface area contributed by atoms with Crippen molar-refractivity contribution in [2.75, 3.05) is 0 Å². The van der Waals surface area contributed by atoms with Gasteiger partial charge in [0.1, 0.15) is 12.4 Å². The van der Waals surface area contributed by atoms with Crippen molar-refractivity contribution >= 4 is 19.2 Å². The van der Waals surface area contributed by atoms with Crippen molar-refractivity contribution in [3.63, 3.8) is 0 Å². The predicted molar refractivity (Wildman–Crippen MR) is 114 cm³/mol. The zero-order valence-corrected chi connectivity index (χ0v) is 18.5. The zero-order chi connectivity index (χ0) is 22.9. The van der Waals surface area contributed by atoms with E-state index in [1.54, 1.807) is 13.0 Å². The zero-order valence-electron chi connectivity index (χ0n) is 17.5. The molecule has 0 bridgehead atoms. The summed E-state index contributed by atoms with van der Waals surface area (Å²) >= 11 is 0. The van der Waals surface area contributed by atoms with E-state index in [4.69, 9.17) is 4.74 Å². The Hall–Kier alpha value is -2.46. The van der Waals surface area contributed by atoms with Crippen molar-refractivity contribution in [3.8, 4) is 5.75 Å². The minimum Gasteiger partial charge on any atom is -0.488 e. The molecule has 1 nitrogen and oxygen atoms in total. The van der Waals surface area contributed by atoms with Crippen molar-refractivity contribution < 1.29 is 26.7 Å². The summed E-state index contributed by atoms with van der Waals surface area (Å²) in [5.74, 6) is -9.32. The van der Waals surface area contributed by atoms with Crippen LogP contribution >= 0.6 is 8.58 Å². The first-order valence-corrected chi connectivity index (χ1v) is 10.6. The van der Waals surface area contributed by atoms with Crippen LogP contribution in [0.5, 0.6) is 5.75 Å². The molecule has 0 saturated heterocycles. The summed E-state index contributed by atoms with van der Waals surface area (Å²) in [5.41, 5.74) is 2.17. The van der Waals surface area contributed by atoms with Crippen molar-refractivity contribution in [1.29, 1.82) is 0 Å². The van der Waals surface area contributed by atoms with Gasteiger partial charge in [-0.05, 0) is 43.7 Å². The molecule has 0 aromatic heterocycles. The fraction of sp³-hybridized carbons (Fsp3) is 0.250. The molecule has 0 fully saturated rings. The molecule has 0 radical (unpaired) electrons. The molecule has 31 heavy (non-hydrogen) atoms. The van der Waals surface area contributed by atoms with E-state index < -0.39 is 43.0 Å². The van der Waals surface area contributed by atoms with E-state index in [-0.39, 0.29) is 12.0 Å². The van der Waals surface area contributed by atoms with Gasteiger partial charge in [0.25, 0.3) is 0 Å². The van der Waals surface area contributed by atoms with Gasteiger partial charge in [0.05, 0.1) is 5.30 Å². The Kier molecular flexibility index (Phi) is 6.70. The van der Waals surface area contributed by atoms with E-state index in [1.165, 1.54) is 0 Å². The highest BCUT2D eigenvalue weighted by molar-refractivity contribution is 7.55. The van der Waals surface area contributed by atoms with Gasteiger partial charge in [0, 0.05) is 5.30 Å². The molecule has 0 aliphatic rings. The summed E-state index contributed by atoms with van der Waals surface area (Å²) in [5, 5.41) is -0.476. The second-order valence-electron chi connectivity index (χ2n) is 8.26. The van der Waals surface area contributed by atoms with E-state index >= 15 is 0 Å². The Bertz CT molecular complexity index is 1080. The van der Waals surface area contributed by atoms with Crippen LogP contribution in [0.2, 0.25) is 0 Å². The van der Waals surface area contributed by atoms with Crippen LogP contribution in [0, 0.1) is 36.0 Å². The molecule has 0 heterocycles. The van der Waals surface area contributed by atoms with Crippen molar-refractivity contribution in [3.05, 3.63) is 88.2 Å². The number of rotatable bonds is 5. The molecular weight excluding hydrogens is 430 g/mol. The quantitative estimate of drug-likeness (QED) is 0.194. The minimum absolute atomic E-state index is 0.200. The molecule has 3 rings (SSSR count). The third kappa shape index (κ3) is 4.90. The second kappa shape index (κ2) is 8.96. The maximum atomic E-state index is 14.4. The molecule has 164 valence electrons. The Balaban J connectivity index is 2.10. The highest BCUT2D eigenvalue weighted by Gasteiger charge is 2.27. The van der Waals surface area contributed by atoms with Crippen LogP contribution < -0.4 is 15.3 Å². The third-order valence-corrected chi connectivity index (χ3v) is 6.17. The molecule has 3 aromatic carbocycles. The van der Waals surface area contributed by atoms with E-state index in [9.17, 15) is 22.0 Å². The first kappa shape index (κ1) is 23.2. The lowest BCUT2D eigenvalue weighted by Gasteiger charge is -2.23. The average molecular weight is 452 g/mol. The van der Waals surface area contributed by atoms with Gasteiger partial charge in [-0.15, -0.1) is 0 Å². The van der Waals surface area contributed by atoms with Gasteiger partial charge in [0.2, 0.25) is 5.82 Å². The lowest BCUT2D eigenvalue weighted by Crippen LogP contribution is -2.22. The number of hydrogen-bond donors (Lipinski definition) is 0. The van der Waals surface area contributed by atoms with Crippen LogP contribution in [0.3, 0.4) is 0 Å². The third-order valence-electron chi connectivity index (χ3n) is 4.84. The van der Waals surface area contributed by atoms with Crippen molar-refractivity contribution in [2.45, 2.75) is 39.7 Å². The largest absolute Gasteiger partial charge is 0.488 e. The lowest BCUT2D eigenvalue weighted by atomic mass is 9.86. The SMILES string of the molecule is Cc1cc(C(C)(C)C)cc(Pc2c(F)c(F)c(F)c(F)c2F)c1OCc1ccccc1. The predicted octanol–water partition coefficient (Wildman–Crippen LogP) is 6.20. The molecule has 0 saturated carbocycles. The maximum absolute atomic E-state index is 14.4. The van der Waals surface area contributed by atoms with E-state index in [0.717, 1.165) is 16.7 Å². The Labute approximate surface area is 180 Å².